The van der Waals surface area contributed by atoms with Crippen LogP contribution in [0.25, 0.3) is 11.1 Å². The summed E-state index contributed by atoms with van der Waals surface area (Å²) in [4.78, 5) is 18.1. The van der Waals surface area contributed by atoms with Crippen LogP contribution in [0.1, 0.15) is 12.8 Å². The molecule has 3 rings (SSSR count). The maximum absolute atomic E-state index is 11.6. The zero-order valence-corrected chi connectivity index (χ0v) is 12.0. The Morgan fingerprint density at radius 1 is 1.45 bits per heavy atom. The van der Waals surface area contributed by atoms with Gasteiger partial charge in [0.25, 0.3) is 6.01 Å². The number of rotatable bonds is 2. The number of amides is 1. The summed E-state index contributed by atoms with van der Waals surface area (Å²) in [5.41, 5.74) is 1.50. The van der Waals surface area contributed by atoms with Crippen LogP contribution in [-0.2, 0) is 4.79 Å². The molecule has 1 fully saturated rings. The fourth-order valence-electron chi connectivity index (χ4n) is 2.56. The smallest absolute Gasteiger partial charge is 0.298 e. The zero-order chi connectivity index (χ0) is 14.1. The van der Waals surface area contributed by atoms with Crippen LogP contribution in [0, 0.1) is 5.92 Å². The zero-order valence-electron chi connectivity index (χ0n) is 11.2. The van der Waals surface area contributed by atoms with E-state index in [4.69, 9.17) is 16.0 Å². The van der Waals surface area contributed by atoms with Gasteiger partial charge in [-0.3, -0.25) is 4.79 Å². The molecule has 1 aliphatic heterocycles. The number of nitrogens with zero attached hydrogens (tertiary/aromatic N) is 2. The van der Waals surface area contributed by atoms with Crippen LogP contribution in [0.5, 0.6) is 0 Å². The Balaban J connectivity index is 1.75. The molecule has 0 spiro atoms. The van der Waals surface area contributed by atoms with Gasteiger partial charge in [0.05, 0.1) is 0 Å². The molecule has 2 heterocycles. The highest BCUT2D eigenvalue weighted by Gasteiger charge is 2.26. The van der Waals surface area contributed by atoms with Crippen LogP contribution in [0.15, 0.2) is 22.6 Å². The van der Waals surface area contributed by atoms with Gasteiger partial charge in [-0.15, -0.1) is 0 Å². The molecule has 1 N–H and O–H groups in total. The highest BCUT2D eigenvalue weighted by Crippen LogP contribution is 2.27. The van der Waals surface area contributed by atoms with Gasteiger partial charge in [0.1, 0.15) is 5.52 Å². The van der Waals surface area contributed by atoms with Crippen molar-refractivity contribution in [3.8, 4) is 0 Å². The lowest BCUT2D eigenvalue weighted by Gasteiger charge is -2.29. The van der Waals surface area contributed by atoms with Crippen LogP contribution in [0.4, 0.5) is 6.01 Å². The first-order valence-corrected chi connectivity index (χ1v) is 7.08. The lowest BCUT2D eigenvalue weighted by Crippen LogP contribution is -2.39. The third kappa shape index (κ3) is 2.45. The molecule has 6 heteroatoms. The predicted octanol–water partition coefficient (Wildman–Crippen LogP) is 2.44. The number of halogens is 1. The summed E-state index contributed by atoms with van der Waals surface area (Å²) in [5.74, 6) is 0.212. The highest BCUT2D eigenvalue weighted by molar-refractivity contribution is 6.31. The molecule has 0 bridgehead atoms. The van der Waals surface area contributed by atoms with Crippen LogP contribution in [-0.4, -0.2) is 31.0 Å². The Morgan fingerprint density at radius 3 is 2.90 bits per heavy atom. The molecule has 2 aromatic rings. The van der Waals surface area contributed by atoms with E-state index in [1.165, 1.54) is 0 Å². The lowest BCUT2D eigenvalue weighted by molar-refractivity contribution is -0.125. The number of hydrogen-bond acceptors (Lipinski definition) is 4. The second kappa shape index (κ2) is 5.32. The molecule has 1 saturated heterocycles. The number of aromatic nitrogens is 1. The summed E-state index contributed by atoms with van der Waals surface area (Å²) >= 11 is 5.94. The molecule has 20 heavy (non-hydrogen) atoms. The fourth-order valence-corrected chi connectivity index (χ4v) is 2.72. The van der Waals surface area contributed by atoms with E-state index in [0.29, 0.717) is 16.6 Å². The van der Waals surface area contributed by atoms with E-state index in [-0.39, 0.29) is 11.8 Å². The number of nitrogens with one attached hydrogen (secondary N) is 1. The summed E-state index contributed by atoms with van der Waals surface area (Å²) in [6.45, 7) is 1.55. The van der Waals surface area contributed by atoms with Crippen molar-refractivity contribution in [2.24, 2.45) is 5.92 Å². The topological polar surface area (TPSA) is 58.4 Å². The Labute approximate surface area is 121 Å². The molecule has 1 aromatic heterocycles. The Bertz CT molecular complexity index is 632. The van der Waals surface area contributed by atoms with Crippen molar-refractivity contribution in [3.63, 3.8) is 0 Å². The standard InChI is InChI=1S/C14H16ClN3O2/c1-16-13(19)9-4-6-18(7-5-9)14-17-11-3-2-10(15)8-12(11)20-14/h2-3,8-9H,4-7H2,1H3,(H,16,19). The van der Waals surface area contributed by atoms with Crippen molar-refractivity contribution in [2.45, 2.75) is 12.8 Å². The first kappa shape index (κ1) is 13.2. The van der Waals surface area contributed by atoms with E-state index in [0.717, 1.165) is 31.4 Å². The summed E-state index contributed by atoms with van der Waals surface area (Å²) in [6.07, 6.45) is 1.64. The molecule has 5 nitrogen and oxygen atoms in total. The molecule has 0 aliphatic carbocycles. The van der Waals surface area contributed by atoms with E-state index >= 15 is 0 Å². The van der Waals surface area contributed by atoms with Gasteiger partial charge in [-0.1, -0.05) is 11.6 Å². The van der Waals surface area contributed by atoms with Crippen LogP contribution in [0.3, 0.4) is 0 Å². The van der Waals surface area contributed by atoms with Crippen molar-refractivity contribution in [1.82, 2.24) is 10.3 Å². The second-order valence-corrected chi connectivity index (χ2v) is 5.42. The number of carbonyl (C=O) groups excluding carboxylic acids is 1. The Kier molecular flexibility index (Phi) is 3.53. The van der Waals surface area contributed by atoms with E-state index in [1.54, 1.807) is 19.2 Å². The number of hydrogen-bond donors (Lipinski definition) is 1. The van der Waals surface area contributed by atoms with Gasteiger partial charge in [-0.25, -0.2) is 0 Å². The number of fused-ring (bicyclic) bond motifs is 1. The van der Waals surface area contributed by atoms with Gasteiger partial charge >= 0.3 is 0 Å². The minimum Gasteiger partial charge on any atom is -0.423 e. The van der Waals surface area contributed by atoms with Crippen LogP contribution < -0.4 is 10.2 Å². The van der Waals surface area contributed by atoms with Gasteiger partial charge in [0.15, 0.2) is 5.58 Å². The third-order valence-corrected chi connectivity index (χ3v) is 3.96. The highest BCUT2D eigenvalue weighted by atomic mass is 35.5. The maximum atomic E-state index is 11.6. The number of oxazole rings is 1. The van der Waals surface area contributed by atoms with Gasteiger partial charge < -0.3 is 14.6 Å². The summed E-state index contributed by atoms with van der Waals surface area (Å²) in [5, 5.41) is 3.34. The minimum atomic E-state index is 0.0927. The largest absolute Gasteiger partial charge is 0.423 e. The molecule has 0 saturated carbocycles. The first-order valence-electron chi connectivity index (χ1n) is 6.70. The maximum Gasteiger partial charge on any atom is 0.298 e. The second-order valence-electron chi connectivity index (χ2n) is 4.98. The Morgan fingerprint density at radius 2 is 2.20 bits per heavy atom. The SMILES string of the molecule is CNC(=O)C1CCN(c2nc3ccc(Cl)cc3o2)CC1. The van der Waals surface area contributed by atoms with E-state index in [2.05, 4.69) is 15.2 Å². The molecule has 1 aromatic carbocycles. The normalized spacial score (nSPS) is 16.6. The van der Waals surface area contributed by atoms with Crippen molar-refractivity contribution in [1.29, 1.82) is 0 Å². The molecule has 0 atom stereocenters. The molecular weight excluding hydrogens is 278 g/mol. The average molecular weight is 294 g/mol. The van der Waals surface area contributed by atoms with E-state index < -0.39 is 0 Å². The quantitative estimate of drug-likeness (QED) is 0.924. The third-order valence-electron chi connectivity index (χ3n) is 3.72. The van der Waals surface area contributed by atoms with Crippen LogP contribution in [0.2, 0.25) is 5.02 Å². The van der Waals surface area contributed by atoms with Gasteiger partial charge in [0, 0.05) is 37.1 Å². The Hall–Kier alpha value is -1.75. The summed E-state index contributed by atoms with van der Waals surface area (Å²) in [7, 11) is 1.68. The van der Waals surface area contributed by atoms with Crippen molar-refractivity contribution >= 4 is 34.6 Å². The first-order chi connectivity index (χ1) is 9.67. The average Bonchev–Trinajstić information content (AvgIpc) is 2.89. The molecule has 0 unspecified atom stereocenters. The summed E-state index contributed by atoms with van der Waals surface area (Å²) < 4.78 is 5.74. The molecule has 106 valence electrons. The van der Waals surface area contributed by atoms with Gasteiger partial charge in [-0.05, 0) is 25.0 Å². The molecular formula is C14H16ClN3O2. The van der Waals surface area contributed by atoms with E-state index in [1.807, 2.05) is 6.07 Å². The lowest BCUT2D eigenvalue weighted by atomic mass is 9.96. The number of carbonyl (C=O) groups is 1. The van der Waals surface area contributed by atoms with E-state index in [9.17, 15) is 4.79 Å². The minimum absolute atomic E-state index is 0.0927. The van der Waals surface area contributed by atoms with Crippen LogP contribution >= 0.6 is 11.6 Å². The van der Waals surface area contributed by atoms with Crippen molar-refractivity contribution in [2.75, 3.05) is 25.0 Å². The molecule has 1 aliphatic rings. The molecule has 0 radical (unpaired) electrons. The fraction of sp³-hybridized carbons (Fsp3) is 0.429. The monoisotopic (exact) mass is 293 g/mol. The number of anilines is 1. The van der Waals surface area contributed by atoms with Crippen molar-refractivity contribution in [3.05, 3.63) is 23.2 Å². The molecule has 1 amide bonds. The number of benzene rings is 1. The number of piperidine rings is 1. The van der Waals surface area contributed by atoms with Gasteiger partial charge in [-0.2, -0.15) is 4.98 Å². The van der Waals surface area contributed by atoms with Crippen molar-refractivity contribution < 1.29 is 9.21 Å². The summed E-state index contributed by atoms with van der Waals surface area (Å²) in [6, 6.07) is 6.03. The predicted molar refractivity (Wildman–Crippen MR) is 78.0 cm³/mol. The van der Waals surface area contributed by atoms with Gasteiger partial charge in [0.2, 0.25) is 5.91 Å².